The van der Waals surface area contributed by atoms with Gasteiger partial charge < -0.3 is 10.1 Å². The molecule has 2 aromatic heterocycles. The number of pyridine rings is 1. The number of nitrogens with zero attached hydrogens (tertiary/aromatic N) is 2. The number of carbonyl (C=O) groups is 1. The number of aromatic nitrogens is 2. The van der Waals surface area contributed by atoms with Crippen LogP contribution in [0, 0.1) is 19.3 Å². The summed E-state index contributed by atoms with van der Waals surface area (Å²) in [5, 5.41) is 6.05. The number of aryl methyl sites for hydroxylation is 1. The number of ether oxygens (including phenoxy) is 1. The molecule has 168 valence electrons. The molecule has 0 aliphatic heterocycles. The van der Waals surface area contributed by atoms with Gasteiger partial charge in [0.2, 0.25) is 5.44 Å². The van der Waals surface area contributed by atoms with Gasteiger partial charge in [0.1, 0.15) is 13.8 Å². The van der Waals surface area contributed by atoms with Crippen LogP contribution in [0.2, 0.25) is 19.6 Å². The number of nitrogens with one attached hydrogen (secondary N) is 1. The lowest BCUT2D eigenvalue weighted by Crippen LogP contribution is -2.47. The van der Waals surface area contributed by atoms with Gasteiger partial charge in [0.15, 0.2) is 0 Å². The zero-order chi connectivity index (χ0) is 23.7. The second-order valence-electron chi connectivity index (χ2n) is 9.27. The lowest BCUT2D eigenvalue weighted by molar-refractivity contribution is -0.126. The first kappa shape index (κ1) is 24.3. The van der Waals surface area contributed by atoms with Gasteiger partial charge in [0, 0.05) is 22.5 Å². The first-order valence-corrected chi connectivity index (χ1v) is 16.0. The molecule has 1 N–H and O–H groups in total. The molecule has 1 aromatic carbocycles. The summed E-state index contributed by atoms with van der Waals surface area (Å²) in [6.45, 7) is 12.7. The SMILES string of the molecule is C#Cc1cnc2c(C)cc(OC(SC)C(=O)NC(C)(C)c3csc([Si](C)(C)C)n3)cc2c1. The summed E-state index contributed by atoms with van der Waals surface area (Å²) in [5.41, 5.74) is 2.10. The largest absolute Gasteiger partial charge is 0.470 e. The van der Waals surface area contributed by atoms with Crippen molar-refractivity contribution in [3.63, 3.8) is 0 Å². The first-order chi connectivity index (χ1) is 14.9. The fourth-order valence-electron chi connectivity index (χ4n) is 3.21. The number of rotatable bonds is 7. The number of thiazole rings is 1. The molecule has 0 radical (unpaired) electrons. The lowest BCUT2D eigenvalue weighted by Gasteiger charge is -2.27. The molecule has 1 unspecified atom stereocenters. The zero-order valence-electron chi connectivity index (χ0n) is 19.6. The highest BCUT2D eigenvalue weighted by Crippen LogP contribution is 2.27. The highest BCUT2D eigenvalue weighted by Gasteiger charge is 2.32. The van der Waals surface area contributed by atoms with Gasteiger partial charge in [-0.3, -0.25) is 9.78 Å². The Labute approximate surface area is 199 Å². The van der Waals surface area contributed by atoms with Crippen LogP contribution in [0.15, 0.2) is 29.8 Å². The molecule has 0 aliphatic carbocycles. The number of hydrogen-bond donors (Lipinski definition) is 1. The Balaban J connectivity index is 1.80. The Morgan fingerprint density at radius 3 is 2.62 bits per heavy atom. The highest BCUT2D eigenvalue weighted by atomic mass is 32.2. The van der Waals surface area contributed by atoms with Crippen LogP contribution in [0.4, 0.5) is 0 Å². The van der Waals surface area contributed by atoms with E-state index in [-0.39, 0.29) is 5.91 Å². The average Bonchev–Trinajstić information content (AvgIpc) is 3.23. The highest BCUT2D eigenvalue weighted by molar-refractivity contribution is 7.99. The molecule has 3 rings (SSSR count). The van der Waals surface area contributed by atoms with Crippen molar-refractivity contribution in [3.05, 3.63) is 46.6 Å². The van der Waals surface area contributed by atoms with Crippen molar-refractivity contribution in [1.29, 1.82) is 0 Å². The summed E-state index contributed by atoms with van der Waals surface area (Å²) >= 11 is 3.02. The minimum Gasteiger partial charge on any atom is -0.470 e. The van der Waals surface area contributed by atoms with Crippen LogP contribution in [0.3, 0.4) is 0 Å². The van der Waals surface area contributed by atoms with Crippen molar-refractivity contribution in [1.82, 2.24) is 15.3 Å². The van der Waals surface area contributed by atoms with E-state index in [1.165, 1.54) is 16.4 Å². The van der Waals surface area contributed by atoms with E-state index in [2.05, 4.69) is 35.9 Å². The third-order valence-corrected chi connectivity index (χ3v) is 9.99. The summed E-state index contributed by atoms with van der Waals surface area (Å²) < 4.78 is 7.27. The van der Waals surface area contributed by atoms with Crippen LogP contribution in [-0.4, -0.2) is 35.6 Å². The molecule has 0 aliphatic rings. The van der Waals surface area contributed by atoms with E-state index in [9.17, 15) is 4.79 Å². The normalized spacial score (nSPS) is 12.9. The number of carbonyl (C=O) groups excluding carboxylic acids is 1. The second-order valence-corrected chi connectivity index (χ2v) is 16.4. The van der Waals surface area contributed by atoms with Crippen LogP contribution in [-0.2, 0) is 10.3 Å². The van der Waals surface area contributed by atoms with Gasteiger partial charge >= 0.3 is 0 Å². The van der Waals surface area contributed by atoms with Gasteiger partial charge in [0.25, 0.3) is 5.91 Å². The number of terminal acetylenes is 1. The topological polar surface area (TPSA) is 64.1 Å². The molecule has 8 heteroatoms. The summed E-state index contributed by atoms with van der Waals surface area (Å²) in [5.74, 6) is 3.01. The minimum atomic E-state index is -1.50. The van der Waals surface area contributed by atoms with Crippen LogP contribution in [0.25, 0.3) is 10.9 Å². The molecule has 0 spiro atoms. The monoisotopic (exact) mass is 483 g/mol. The Morgan fingerprint density at radius 2 is 2.03 bits per heavy atom. The third-order valence-electron chi connectivity index (χ3n) is 5.01. The molecule has 0 saturated heterocycles. The van der Waals surface area contributed by atoms with Gasteiger partial charge in [-0.2, -0.15) is 0 Å². The average molecular weight is 484 g/mol. The van der Waals surface area contributed by atoms with Crippen molar-refractivity contribution in [2.75, 3.05) is 6.26 Å². The molecule has 0 fully saturated rings. The molecule has 5 nitrogen and oxygen atoms in total. The van der Waals surface area contributed by atoms with Crippen molar-refractivity contribution < 1.29 is 9.53 Å². The standard InChI is InChI=1S/C24H29N3O2S2Si/c1-9-16-11-17-12-18(10-15(2)20(17)25-13-16)29-22(30-5)21(28)27-24(3,4)19-14-31-23(26-19)32(6,7)8/h1,10-14,22H,2-8H3,(H,27,28). The van der Waals surface area contributed by atoms with Gasteiger partial charge in [-0.25, -0.2) is 4.98 Å². The Bertz CT molecular complexity index is 1190. The third kappa shape index (κ3) is 5.34. The second kappa shape index (κ2) is 9.26. The van der Waals surface area contributed by atoms with Gasteiger partial charge in [-0.15, -0.1) is 29.5 Å². The molecule has 32 heavy (non-hydrogen) atoms. The van der Waals surface area contributed by atoms with Crippen LogP contribution < -0.4 is 14.7 Å². The van der Waals surface area contributed by atoms with Crippen molar-refractivity contribution in [2.45, 2.75) is 51.4 Å². The molecule has 0 bridgehead atoms. The maximum atomic E-state index is 13.1. The molecule has 3 aromatic rings. The first-order valence-electron chi connectivity index (χ1n) is 10.3. The Morgan fingerprint density at radius 1 is 1.31 bits per heavy atom. The Kier molecular flexibility index (Phi) is 7.03. The van der Waals surface area contributed by atoms with Crippen LogP contribution in [0.5, 0.6) is 5.75 Å². The van der Waals surface area contributed by atoms with Gasteiger partial charge in [-0.05, 0) is 50.8 Å². The van der Waals surface area contributed by atoms with E-state index >= 15 is 0 Å². The fraction of sp³-hybridized carbons (Fsp3) is 0.375. The minimum absolute atomic E-state index is 0.196. The van der Waals surface area contributed by atoms with Crippen molar-refractivity contribution >= 4 is 52.6 Å². The predicted octanol–water partition coefficient (Wildman–Crippen LogP) is 4.65. The number of fused-ring (bicyclic) bond motifs is 1. The number of thioether (sulfide) groups is 1. The van der Waals surface area contributed by atoms with Crippen LogP contribution in [0.1, 0.15) is 30.7 Å². The lowest BCUT2D eigenvalue weighted by atomic mass is 10.0. The van der Waals surface area contributed by atoms with Gasteiger partial charge in [-0.1, -0.05) is 25.6 Å². The molecule has 0 saturated carbocycles. The summed E-state index contributed by atoms with van der Waals surface area (Å²) in [6.07, 6.45) is 9.05. The maximum absolute atomic E-state index is 13.1. The van der Waals surface area contributed by atoms with Crippen molar-refractivity contribution in [3.8, 4) is 18.1 Å². The summed E-state index contributed by atoms with van der Waals surface area (Å²) in [4.78, 5) is 22.4. The van der Waals surface area contributed by atoms with Crippen LogP contribution >= 0.6 is 23.1 Å². The van der Waals surface area contributed by atoms with E-state index < -0.39 is 19.0 Å². The summed E-state index contributed by atoms with van der Waals surface area (Å²) in [6, 6.07) is 5.67. The quantitative estimate of drug-likeness (QED) is 0.301. The number of amides is 1. The zero-order valence-corrected chi connectivity index (χ0v) is 22.2. The van der Waals surface area contributed by atoms with E-state index in [4.69, 9.17) is 16.1 Å². The molecule has 1 amide bonds. The predicted molar refractivity (Wildman–Crippen MR) is 139 cm³/mol. The van der Waals surface area contributed by atoms with E-state index in [0.717, 1.165) is 22.2 Å². The number of benzene rings is 1. The smallest absolute Gasteiger partial charge is 0.272 e. The maximum Gasteiger partial charge on any atom is 0.272 e. The molecule has 2 heterocycles. The number of hydrogen-bond acceptors (Lipinski definition) is 6. The van der Waals surface area contributed by atoms with E-state index in [1.54, 1.807) is 17.5 Å². The van der Waals surface area contributed by atoms with Gasteiger partial charge in [0.05, 0.1) is 21.4 Å². The molecular weight excluding hydrogens is 455 g/mol. The Hall–Kier alpha value is -2.34. The van der Waals surface area contributed by atoms with E-state index in [0.29, 0.717) is 11.3 Å². The summed E-state index contributed by atoms with van der Waals surface area (Å²) in [7, 11) is -1.50. The molecular formula is C24H29N3O2S2Si. The van der Waals surface area contributed by atoms with Crippen molar-refractivity contribution in [2.24, 2.45) is 0 Å². The van der Waals surface area contributed by atoms with E-state index in [1.807, 2.05) is 50.6 Å². The molecule has 1 atom stereocenters. The fourth-order valence-corrected chi connectivity index (χ4v) is 6.46.